The molecule has 1 atom stereocenters. The molecule has 0 spiro atoms. The lowest BCUT2D eigenvalue weighted by Gasteiger charge is -2.39. The van der Waals surface area contributed by atoms with Gasteiger partial charge in [0.2, 0.25) is 5.91 Å². The van der Waals surface area contributed by atoms with E-state index in [9.17, 15) is 9.18 Å². The molecule has 0 bridgehead atoms. The van der Waals surface area contributed by atoms with Crippen LogP contribution < -0.4 is 4.90 Å². The molecule has 4 nitrogen and oxygen atoms in total. The number of carbonyl (C=O) groups is 1. The molecule has 5 heteroatoms. The summed E-state index contributed by atoms with van der Waals surface area (Å²) in [6.07, 6.45) is 2.01. The Bertz CT molecular complexity index is 772. The summed E-state index contributed by atoms with van der Waals surface area (Å²) < 4.78 is 13.1. The number of likely N-dealkylation sites (tertiary alicyclic amines) is 1. The molecule has 2 fully saturated rings. The summed E-state index contributed by atoms with van der Waals surface area (Å²) in [5.41, 5.74) is 2.34. The van der Waals surface area contributed by atoms with Crippen molar-refractivity contribution in [3.63, 3.8) is 0 Å². The molecule has 28 heavy (non-hydrogen) atoms. The number of halogens is 1. The van der Waals surface area contributed by atoms with Gasteiger partial charge in [-0.1, -0.05) is 30.3 Å². The maximum absolute atomic E-state index is 13.1. The van der Waals surface area contributed by atoms with Gasteiger partial charge in [0, 0.05) is 45.0 Å². The average molecular weight is 381 g/mol. The first-order chi connectivity index (χ1) is 13.7. The molecule has 2 heterocycles. The van der Waals surface area contributed by atoms with Crippen LogP contribution in [-0.2, 0) is 11.3 Å². The number of piperazine rings is 1. The molecule has 0 aliphatic carbocycles. The van der Waals surface area contributed by atoms with Gasteiger partial charge in [0.05, 0.1) is 5.92 Å². The van der Waals surface area contributed by atoms with Gasteiger partial charge < -0.3 is 9.80 Å². The summed E-state index contributed by atoms with van der Waals surface area (Å²) in [6, 6.07) is 17.1. The molecule has 0 saturated carbocycles. The van der Waals surface area contributed by atoms with Crippen molar-refractivity contribution in [1.29, 1.82) is 0 Å². The van der Waals surface area contributed by atoms with Crippen LogP contribution in [0.1, 0.15) is 18.4 Å². The van der Waals surface area contributed by atoms with Gasteiger partial charge in [-0.2, -0.15) is 0 Å². The van der Waals surface area contributed by atoms with Gasteiger partial charge in [-0.15, -0.1) is 0 Å². The lowest BCUT2D eigenvalue weighted by molar-refractivity contribution is -0.137. The van der Waals surface area contributed by atoms with Crippen molar-refractivity contribution in [2.75, 3.05) is 44.2 Å². The molecule has 2 saturated heterocycles. The van der Waals surface area contributed by atoms with Crippen LogP contribution in [0.4, 0.5) is 10.1 Å². The van der Waals surface area contributed by atoms with Crippen LogP contribution in [0, 0.1) is 11.7 Å². The molecule has 4 rings (SSSR count). The van der Waals surface area contributed by atoms with E-state index >= 15 is 0 Å². The first kappa shape index (κ1) is 18.9. The number of nitrogens with zero attached hydrogens (tertiary/aromatic N) is 3. The lowest BCUT2D eigenvalue weighted by Crippen LogP contribution is -2.52. The molecule has 2 aliphatic rings. The molecule has 0 unspecified atom stereocenters. The summed E-state index contributed by atoms with van der Waals surface area (Å²) >= 11 is 0. The van der Waals surface area contributed by atoms with E-state index in [2.05, 4.69) is 34.1 Å². The Labute approximate surface area is 166 Å². The number of hydrogen-bond acceptors (Lipinski definition) is 3. The maximum atomic E-state index is 13.1. The fourth-order valence-electron chi connectivity index (χ4n) is 4.33. The highest BCUT2D eigenvalue weighted by Gasteiger charge is 2.31. The van der Waals surface area contributed by atoms with E-state index in [1.165, 1.54) is 17.8 Å². The monoisotopic (exact) mass is 381 g/mol. The van der Waals surface area contributed by atoms with Crippen LogP contribution in [0.2, 0.25) is 0 Å². The normalized spacial score (nSPS) is 21.0. The number of piperidine rings is 1. The van der Waals surface area contributed by atoms with E-state index < -0.39 is 0 Å². The zero-order chi connectivity index (χ0) is 19.3. The molecule has 0 radical (unpaired) electrons. The van der Waals surface area contributed by atoms with Gasteiger partial charge in [0.1, 0.15) is 5.82 Å². The number of para-hydroxylation sites is 1. The molecule has 1 amide bonds. The van der Waals surface area contributed by atoms with E-state index in [0.29, 0.717) is 5.91 Å². The third kappa shape index (κ3) is 4.53. The molecule has 2 aliphatic heterocycles. The molecule has 0 aromatic heterocycles. The van der Waals surface area contributed by atoms with Gasteiger partial charge in [-0.25, -0.2) is 4.39 Å². The van der Waals surface area contributed by atoms with Gasteiger partial charge in [0.25, 0.3) is 0 Å². The van der Waals surface area contributed by atoms with E-state index in [-0.39, 0.29) is 11.7 Å². The number of amides is 1. The van der Waals surface area contributed by atoms with Crippen LogP contribution in [0.5, 0.6) is 0 Å². The number of hydrogen-bond donors (Lipinski definition) is 0. The van der Waals surface area contributed by atoms with Crippen molar-refractivity contribution < 1.29 is 9.18 Å². The van der Waals surface area contributed by atoms with Crippen molar-refractivity contribution in [2.45, 2.75) is 19.4 Å². The Kier molecular flexibility index (Phi) is 5.91. The van der Waals surface area contributed by atoms with Gasteiger partial charge in [-0.05, 0) is 49.2 Å². The van der Waals surface area contributed by atoms with Crippen LogP contribution in [0.15, 0.2) is 54.6 Å². The highest BCUT2D eigenvalue weighted by atomic mass is 19.1. The highest BCUT2D eigenvalue weighted by Crippen LogP contribution is 2.22. The number of anilines is 1. The quantitative estimate of drug-likeness (QED) is 0.812. The van der Waals surface area contributed by atoms with Gasteiger partial charge in [0.15, 0.2) is 0 Å². The fourth-order valence-corrected chi connectivity index (χ4v) is 4.33. The average Bonchev–Trinajstić information content (AvgIpc) is 2.76. The van der Waals surface area contributed by atoms with E-state index in [1.807, 2.05) is 23.1 Å². The zero-order valence-electron chi connectivity index (χ0n) is 16.3. The largest absolute Gasteiger partial charge is 0.368 e. The van der Waals surface area contributed by atoms with Crippen molar-refractivity contribution in [3.8, 4) is 0 Å². The first-order valence-electron chi connectivity index (χ1n) is 10.2. The van der Waals surface area contributed by atoms with Crippen molar-refractivity contribution in [2.24, 2.45) is 5.92 Å². The number of rotatable bonds is 4. The minimum atomic E-state index is -0.204. The summed E-state index contributed by atoms with van der Waals surface area (Å²) in [5.74, 6) is 0.180. The van der Waals surface area contributed by atoms with Gasteiger partial charge >= 0.3 is 0 Å². The van der Waals surface area contributed by atoms with Crippen LogP contribution in [-0.4, -0.2) is 55.0 Å². The Hall–Kier alpha value is -2.40. The fraction of sp³-hybridized carbons (Fsp3) is 0.435. The van der Waals surface area contributed by atoms with Crippen LogP contribution in [0.25, 0.3) is 0 Å². The van der Waals surface area contributed by atoms with Crippen LogP contribution in [0.3, 0.4) is 0 Å². The predicted octanol–water partition coefficient (Wildman–Crippen LogP) is 3.39. The third-order valence-electron chi connectivity index (χ3n) is 5.89. The second-order valence-corrected chi connectivity index (χ2v) is 7.85. The zero-order valence-corrected chi connectivity index (χ0v) is 16.3. The summed E-state index contributed by atoms with van der Waals surface area (Å²) in [4.78, 5) is 19.8. The van der Waals surface area contributed by atoms with Crippen LogP contribution >= 0.6 is 0 Å². The molecular weight excluding hydrogens is 353 g/mol. The van der Waals surface area contributed by atoms with Crippen molar-refractivity contribution in [1.82, 2.24) is 9.80 Å². The van der Waals surface area contributed by atoms with Crippen molar-refractivity contribution >= 4 is 11.6 Å². The number of carbonyl (C=O) groups excluding carboxylic acids is 1. The summed E-state index contributed by atoms with van der Waals surface area (Å²) in [6.45, 7) is 5.96. The summed E-state index contributed by atoms with van der Waals surface area (Å²) in [5, 5.41) is 0. The third-order valence-corrected chi connectivity index (χ3v) is 5.89. The lowest BCUT2D eigenvalue weighted by atomic mass is 9.95. The smallest absolute Gasteiger partial charge is 0.227 e. The van der Waals surface area contributed by atoms with E-state index in [4.69, 9.17) is 0 Å². The standard InChI is InChI=1S/C23H28FN3O/c24-21-10-8-19(9-11-21)17-25-12-4-5-20(18-25)23(28)27-15-13-26(14-16-27)22-6-2-1-3-7-22/h1-3,6-11,20H,4-5,12-18H2/t20-/m1/s1. The predicted molar refractivity (Wildman–Crippen MR) is 110 cm³/mol. The van der Waals surface area contributed by atoms with Gasteiger partial charge in [-0.3, -0.25) is 9.69 Å². The Balaban J connectivity index is 1.30. The molecule has 2 aromatic carbocycles. The first-order valence-corrected chi connectivity index (χ1v) is 10.2. The van der Waals surface area contributed by atoms with E-state index in [1.54, 1.807) is 0 Å². The van der Waals surface area contributed by atoms with Crippen molar-refractivity contribution in [3.05, 3.63) is 66.0 Å². The molecule has 148 valence electrons. The highest BCUT2D eigenvalue weighted by molar-refractivity contribution is 5.79. The second kappa shape index (κ2) is 8.74. The topological polar surface area (TPSA) is 26.8 Å². The summed E-state index contributed by atoms with van der Waals surface area (Å²) in [7, 11) is 0. The minimum Gasteiger partial charge on any atom is -0.368 e. The molecule has 2 aromatic rings. The minimum absolute atomic E-state index is 0.0810. The molecular formula is C23H28FN3O. The SMILES string of the molecule is O=C([C@@H]1CCCN(Cc2ccc(F)cc2)C1)N1CCN(c2ccccc2)CC1. The molecule has 0 N–H and O–H groups in total. The Morgan fingerprint density at radius 1 is 0.929 bits per heavy atom. The second-order valence-electron chi connectivity index (χ2n) is 7.85. The Morgan fingerprint density at radius 2 is 1.64 bits per heavy atom. The van der Waals surface area contributed by atoms with E-state index in [0.717, 1.165) is 64.2 Å². The Morgan fingerprint density at radius 3 is 2.36 bits per heavy atom. The number of benzene rings is 2. The maximum Gasteiger partial charge on any atom is 0.227 e.